The van der Waals surface area contributed by atoms with Crippen molar-refractivity contribution in [3.8, 4) is 0 Å². The van der Waals surface area contributed by atoms with Gasteiger partial charge < -0.3 is 4.74 Å². The van der Waals surface area contributed by atoms with E-state index >= 15 is 0 Å². The van der Waals surface area contributed by atoms with Gasteiger partial charge in [-0.3, -0.25) is 4.90 Å². The van der Waals surface area contributed by atoms with Gasteiger partial charge >= 0.3 is 0 Å². The molecular weight excluding hydrogens is 210 g/mol. The molecule has 0 aromatic rings. The molecule has 0 fully saturated rings. The van der Waals surface area contributed by atoms with Crippen LogP contribution in [0.4, 0.5) is 0 Å². The highest BCUT2D eigenvalue weighted by molar-refractivity contribution is 6.18. The molecule has 0 heterocycles. The molecule has 0 aromatic carbocycles. The molecule has 0 spiro atoms. The predicted molar refractivity (Wildman–Crippen MR) is 67.8 cm³/mol. The van der Waals surface area contributed by atoms with Gasteiger partial charge in [0.1, 0.15) is 0 Å². The zero-order valence-corrected chi connectivity index (χ0v) is 11.1. The fourth-order valence-electron chi connectivity index (χ4n) is 1.61. The summed E-state index contributed by atoms with van der Waals surface area (Å²) in [7, 11) is 1.75. The van der Waals surface area contributed by atoms with Crippen molar-refractivity contribution >= 4 is 11.6 Å². The van der Waals surface area contributed by atoms with Gasteiger partial charge in [-0.25, -0.2) is 0 Å². The van der Waals surface area contributed by atoms with Crippen LogP contribution < -0.4 is 0 Å². The summed E-state index contributed by atoms with van der Waals surface area (Å²) in [6, 6.07) is 0. The first-order valence-electron chi connectivity index (χ1n) is 6.12. The molecule has 0 unspecified atom stereocenters. The number of unbranched alkanes of at least 4 members (excludes halogenated alkanes) is 4. The largest absolute Gasteiger partial charge is 0.383 e. The van der Waals surface area contributed by atoms with Gasteiger partial charge in [-0.2, -0.15) is 0 Å². The van der Waals surface area contributed by atoms with Crippen molar-refractivity contribution in [2.45, 2.75) is 39.0 Å². The van der Waals surface area contributed by atoms with Crippen molar-refractivity contribution in [1.82, 2.24) is 4.90 Å². The van der Waals surface area contributed by atoms with Crippen LogP contribution in [-0.4, -0.2) is 44.1 Å². The third-order valence-electron chi connectivity index (χ3n) is 2.59. The highest BCUT2D eigenvalue weighted by atomic mass is 35.5. The first-order chi connectivity index (χ1) is 7.35. The Morgan fingerprint density at radius 1 is 1.00 bits per heavy atom. The topological polar surface area (TPSA) is 12.5 Å². The maximum atomic E-state index is 5.76. The normalized spacial score (nSPS) is 11.2. The zero-order valence-electron chi connectivity index (χ0n) is 10.3. The molecule has 0 N–H and O–H groups in total. The smallest absolute Gasteiger partial charge is 0.0589 e. The SMILES string of the molecule is CCCCCCCN(CCCl)CCOC. The minimum absolute atomic E-state index is 0.721. The highest BCUT2D eigenvalue weighted by Gasteiger charge is 2.02. The number of halogens is 1. The summed E-state index contributed by atoms with van der Waals surface area (Å²) < 4.78 is 5.08. The third kappa shape index (κ3) is 10.5. The first-order valence-corrected chi connectivity index (χ1v) is 6.65. The second-order valence-corrected chi connectivity index (χ2v) is 4.32. The fraction of sp³-hybridized carbons (Fsp3) is 1.00. The molecule has 0 aliphatic heterocycles. The minimum atomic E-state index is 0.721. The van der Waals surface area contributed by atoms with Gasteiger partial charge in [-0.1, -0.05) is 32.6 Å². The van der Waals surface area contributed by atoms with Crippen LogP contribution in [0.5, 0.6) is 0 Å². The van der Waals surface area contributed by atoms with E-state index in [2.05, 4.69) is 11.8 Å². The second-order valence-electron chi connectivity index (χ2n) is 3.94. The van der Waals surface area contributed by atoms with Crippen molar-refractivity contribution in [3.05, 3.63) is 0 Å². The van der Waals surface area contributed by atoms with Crippen LogP contribution in [0.15, 0.2) is 0 Å². The molecular formula is C12H26ClNO. The average Bonchev–Trinajstić information content (AvgIpc) is 2.25. The van der Waals surface area contributed by atoms with E-state index in [-0.39, 0.29) is 0 Å². The Hall–Kier alpha value is 0.210. The van der Waals surface area contributed by atoms with Gasteiger partial charge in [0.25, 0.3) is 0 Å². The molecule has 92 valence electrons. The van der Waals surface area contributed by atoms with E-state index in [1.54, 1.807) is 7.11 Å². The van der Waals surface area contributed by atoms with E-state index in [1.165, 1.54) is 38.6 Å². The Morgan fingerprint density at radius 3 is 2.33 bits per heavy atom. The van der Waals surface area contributed by atoms with Gasteiger partial charge in [0.15, 0.2) is 0 Å². The quantitative estimate of drug-likeness (QED) is 0.403. The number of hydrogen-bond acceptors (Lipinski definition) is 2. The molecule has 0 aromatic heterocycles. The Kier molecular flexibility index (Phi) is 12.5. The van der Waals surface area contributed by atoms with E-state index < -0.39 is 0 Å². The Morgan fingerprint density at radius 2 is 1.73 bits per heavy atom. The number of ether oxygens (including phenoxy) is 1. The molecule has 0 bridgehead atoms. The number of alkyl halides is 1. The lowest BCUT2D eigenvalue weighted by molar-refractivity contribution is 0.150. The number of nitrogens with zero attached hydrogens (tertiary/aromatic N) is 1. The predicted octanol–water partition coefficient (Wildman–Crippen LogP) is 3.14. The van der Waals surface area contributed by atoms with Crippen LogP contribution in [0, 0.1) is 0 Å². The van der Waals surface area contributed by atoms with Crippen molar-refractivity contribution in [2.75, 3.05) is 39.2 Å². The van der Waals surface area contributed by atoms with Crippen LogP contribution in [0.3, 0.4) is 0 Å². The van der Waals surface area contributed by atoms with Gasteiger partial charge in [0, 0.05) is 26.1 Å². The van der Waals surface area contributed by atoms with Crippen molar-refractivity contribution < 1.29 is 4.74 Å². The summed E-state index contributed by atoms with van der Waals surface area (Å²) in [5.74, 6) is 0.721. The van der Waals surface area contributed by atoms with Gasteiger partial charge in [-0.15, -0.1) is 11.6 Å². The lowest BCUT2D eigenvalue weighted by atomic mass is 10.1. The van der Waals surface area contributed by atoms with Crippen molar-refractivity contribution in [3.63, 3.8) is 0 Å². The van der Waals surface area contributed by atoms with Gasteiger partial charge in [0.05, 0.1) is 6.61 Å². The summed E-state index contributed by atoms with van der Waals surface area (Å²) in [6.07, 6.45) is 6.69. The second kappa shape index (κ2) is 12.3. The summed E-state index contributed by atoms with van der Waals surface area (Å²) in [6.45, 7) is 6.22. The number of methoxy groups -OCH3 is 1. The molecule has 0 radical (unpaired) electrons. The lowest BCUT2D eigenvalue weighted by Crippen LogP contribution is -2.30. The highest BCUT2D eigenvalue weighted by Crippen LogP contribution is 2.04. The molecule has 0 aliphatic carbocycles. The lowest BCUT2D eigenvalue weighted by Gasteiger charge is -2.20. The number of hydrogen-bond donors (Lipinski definition) is 0. The summed E-state index contributed by atoms with van der Waals surface area (Å²) in [5.41, 5.74) is 0. The van der Waals surface area contributed by atoms with E-state index in [9.17, 15) is 0 Å². The summed E-state index contributed by atoms with van der Waals surface area (Å²) in [4.78, 5) is 2.39. The maximum absolute atomic E-state index is 5.76. The zero-order chi connectivity index (χ0) is 11.4. The molecule has 0 rings (SSSR count). The first kappa shape index (κ1) is 15.2. The summed E-state index contributed by atoms with van der Waals surface area (Å²) in [5, 5.41) is 0. The van der Waals surface area contributed by atoms with Crippen molar-refractivity contribution in [1.29, 1.82) is 0 Å². The molecule has 0 atom stereocenters. The third-order valence-corrected chi connectivity index (χ3v) is 2.76. The van der Waals surface area contributed by atoms with Crippen molar-refractivity contribution in [2.24, 2.45) is 0 Å². The van der Waals surface area contributed by atoms with Crippen LogP contribution in [0.1, 0.15) is 39.0 Å². The molecule has 0 saturated heterocycles. The Balaban J connectivity index is 3.38. The van der Waals surface area contributed by atoms with E-state index in [4.69, 9.17) is 16.3 Å². The fourth-order valence-corrected chi connectivity index (χ4v) is 1.85. The standard InChI is InChI=1S/C12H26ClNO/c1-3-4-5-6-7-9-14(10-8-13)11-12-15-2/h3-12H2,1-2H3. The Bertz CT molecular complexity index is 122. The monoisotopic (exact) mass is 235 g/mol. The van der Waals surface area contributed by atoms with E-state index in [0.717, 1.165) is 25.6 Å². The van der Waals surface area contributed by atoms with Gasteiger partial charge in [-0.05, 0) is 13.0 Å². The van der Waals surface area contributed by atoms with Crippen LogP contribution in [0.2, 0.25) is 0 Å². The summed E-state index contributed by atoms with van der Waals surface area (Å²) >= 11 is 5.76. The maximum Gasteiger partial charge on any atom is 0.0589 e. The average molecular weight is 236 g/mol. The molecule has 0 saturated carbocycles. The van der Waals surface area contributed by atoms with E-state index in [0.29, 0.717) is 0 Å². The van der Waals surface area contributed by atoms with E-state index in [1.807, 2.05) is 0 Å². The molecule has 3 heteroatoms. The molecule has 15 heavy (non-hydrogen) atoms. The van der Waals surface area contributed by atoms with Crippen LogP contribution >= 0.6 is 11.6 Å². The Labute approximate surface area is 99.9 Å². The number of rotatable bonds is 11. The molecule has 0 amide bonds. The van der Waals surface area contributed by atoms with Crippen LogP contribution in [0.25, 0.3) is 0 Å². The van der Waals surface area contributed by atoms with Crippen LogP contribution in [-0.2, 0) is 4.74 Å². The molecule has 2 nitrogen and oxygen atoms in total. The minimum Gasteiger partial charge on any atom is -0.383 e. The molecule has 0 aliphatic rings. The van der Waals surface area contributed by atoms with Gasteiger partial charge in [0.2, 0.25) is 0 Å².